The van der Waals surface area contributed by atoms with E-state index >= 15 is 0 Å². The van der Waals surface area contributed by atoms with Gasteiger partial charge in [0.25, 0.3) is 5.91 Å². The van der Waals surface area contributed by atoms with Crippen molar-refractivity contribution in [2.24, 2.45) is 5.92 Å². The van der Waals surface area contributed by atoms with Gasteiger partial charge < -0.3 is 14.9 Å². The molecule has 1 heterocycles. The zero-order chi connectivity index (χ0) is 19.6. The second-order valence-electron chi connectivity index (χ2n) is 6.53. The van der Waals surface area contributed by atoms with Crippen molar-refractivity contribution >= 4 is 11.8 Å². The van der Waals surface area contributed by atoms with E-state index in [0.717, 1.165) is 6.42 Å². The lowest BCUT2D eigenvalue weighted by Crippen LogP contribution is -2.33. The Morgan fingerprint density at radius 2 is 1.70 bits per heavy atom. The fourth-order valence-corrected chi connectivity index (χ4v) is 2.97. The fraction of sp³-hybridized carbons (Fsp3) is 0.273. The molecule has 1 aliphatic heterocycles. The molecule has 1 aliphatic rings. The third-order valence-electron chi connectivity index (χ3n) is 4.44. The second kappa shape index (κ2) is 10.2. The summed E-state index contributed by atoms with van der Waals surface area (Å²) in [6.45, 7) is 5.44. The van der Waals surface area contributed by atoms with E-state index in [4.69, 9.17) is 0 Å². The third kappa shape index (κ3) is 6.29. The van der Waals surface area contributed by atoms with Gasteiger partial charge >= 0.3 is 0 Å². The molecule has 0 radical (unpaired) electrons. The molecule has 27 heavy (non-hydrogen) atoms. The van der Waals surface area contributed by atoms with Crippen molar-refractivity contribution in [3.63, 3.8) is 0 Å². The zero-order valence-electron chi connectivity index (χ0n) is 15.6. The lowest BCUT2D eigenvalue weighted by molar-refractivity contribution is -0.125. The summed E-state index contributed by atoms with van der Waals surface area (Å²) in [7, 11) is 1.74. The van der Waals surface area contributed by atoms with Crippen LogP contribution in [0.2, 0.25) is 0 Å². The Hall–Kier alpha value is -3.08. The van der Waals surface area contributed by atoms with Crippen molar-refractivity contribution in [1.82, 2.24) is 9.80 Å². The van der Waals surface area contributed by atoms with Gasteiger partial charge in [-0.3, -0.25) is 9.59 Å². The lowest BCUT2D eigenvalue weighted by atomic mass is 10.1. The first-order valence-corrected chi connectivity index (χ1v) is 8.97. The number of hydrogen-bond acceptors (Lipinski definition) is 3. The average molecular weight is 366 g/mol. The smallest absolute Gasteiger partial charge is 0.253 e. The van der Waals surface area contributed by atoms with E-state index in [9.17, 15) is 14.7 Å². The number of nitrogens with zero attached hydrogens (tertiary/aromatic N) is 2. The minimum Gasteiger partial charge on any atom is -0.508 e. The molecule has 3 rings (SSSR count). The van der Waals surface area contributed by atoms with Gasteiger partial charge in [-0.1, -0.05) is 43.0 Å². The quantitative estimate of drug-likeness (QED) is 0.846. The van der Waals surface area contributed by atoms with Crippen LogP contribution in [-0.2, 0) is 4.79 Å². The lowest BCUT2D eigenvalue weighted by Gasteiger charge is -2.20. The van der Waals surface area contributed by atoms with E-state index < -0.39 is 0 Å². The van der Waals surface area contributed by atoms with E-state index in [-0.39, 0.29) is 17.6 Å². The monoisotopic (exact) mass is 366 g/mol. The van der Waals surface area contributed by atoms with Gasteiger partial charge in [0.15, 0.2) is 0 Å². The number of aromatic hydroxyl groups is 1. The van der Waals surface area contributed by atoms with Crippen LogP contribution in [0.5, 0.6) is 5.75 Å². The molecule has 5 nitrogen and oxygen atoms in total. The SMILES string of the molecule is C=CC(=O)N(C)CC1CCN(C(=O)c2ccc(O)cc2)C1.c1ccccc1. The van der Waals surface area contributed by atoms with Crippen LogP contribution in [-0.4, -0.2) is 53.4 Å². The Morgan fingerprint density at radius 1 is 1.15 bits per heavy atom. The molecule has 1 atom stereocenters. The van der Waals surface area contributed by atoms with E-state index in [0.29, 0.717) is 31.1 Å². The highest BCUT2D eigenvalue weighted by atomic mass is 16.3. The fourth-order valence-electron chi connectivity index (χ4n) is 2.97. The number of benzene rings is 2. The molecule has 0 bridgehead atoms. The molecule has 1 fully saturated rings. The first-order valence-electron chi connectivity index (χ1n) is 8.97. The van der Waals surface area contributed by atoms with Crippen LogP contribution in [0.15, 0.2) is 73.3 Å². The van der Waals surface area contributed by atoms with E-state index in [2.05, 4.69) is 6.58 Å². The predicted molar refractivity (Wildman–Crippen MR) is 106 cm³/mol. The van der Waals surface area contributed by atoms with E-state index in [1.54, 1.807) is 29.0 Å². The van der Waals surface area contributed by atoms with Crippen LogP contribution < -0.4 is 0 Å². The van der Waals surface area contributed by atoms with Gasteiger partial charge in [0.2, 0.25) is 5.91 Å². The standard InChI is InChI=1S/C16H20N2O3.C6H6/c1-3-15(20)17(2)10-12-8-9-18(11-12)16(21)13-4-6-14(19)7-5-13;1-2-4-6-5-3-1/h3-7,12,19H,1,8-11H2,2H3;1-6H. The van der Waals surface area contributed by atoms with Gasteiger partial charge in [-0.25, -0.2) is 0 Å². The molecule has 5 heteroatoms. The van der Waals surface area contributed by atoms with Crippen molar-refractivity contribution in [3.8, 4) is 5.75 Å². The summed E-state index contributed by atoms with van der Waals surface area (Å²) in [4.78, 5) is 27.2. The third-order valence-corrected chi connectivity index (χ3v) is 4.44. The highest BCUT2D eigenvalue weighted by Crippen LogP contribution is 2.20. The van der Waals surface area contributed by atoms with Crippen molar-refractivity contribution in [3.05, 3.63) is 78.9 Å². The molecular weight excluding hydrogens is 340 g/mol. The van der Waals surface area contributed by atoms with Gasteiger partial charge in [0, 0.05) is 32.2 Å². The molecule has 2 aromatic rings. The number of phenolic OH excluding ortho intramolecular Hbond substituents is 1. The largest absolute Gasteiger partial charge is 0.508 e. The van der Waals surface area contributed by atoms with E-state index in [1.165, 1.54) is 18.2 Å². The number of rotatable bonds is 4. The number of likely N-dealkylation sites (N-methyl/N-ethyl adjacent to an activating group) is 1. The van der Waals surface area contributed by atoms with Gasteiger partial charge in [-0.05, 0) is 42.7 Å². The van der Waals surface area contributed by atoms with Crippen LogP contribution >= 0.6 is 0 Å². The highest BCUT2D eigenvalue weighted by molar-refractivity contribution is 5.94. The molecule has 0 aliphatic carbocycles. The maximum atomic E-state index is 12.3. The Bertz CT molecular complexity index is 717. The van der Waals surface area contributed by atoms with Crippen LogP contribution in [0, 0.1) is 5.92 Å². The maximum Gasteiger partial charge on any atom is 0.253 e. The summed E-state index contributed by atoms with van der Waals surface area (Å²) in [6, 6.07) is 18.3. The topological polar surface area (TPSA) is 60.9 Å². The Balaban J connectivity index is 0.000000369. The zero-order valence-corrected chi connectivity index (χ0v) is 15.6. The maximum absolute atomic E-state index is 12.3. The van der Waals surface area contributed by atoms with Crippen LogP contribution in [0.3, 0.4) is 0 Å². The summed E-state index contributed by atoms with van der Waals surface area (Å²) >= 11 is 0. The molecule has 1 N–H and O–H groups in total. The van der Waals surface area contributed by atoms with Crippen LogP contribution in [0.1, 0.15) is 16.8 Å². The molecular formula is C22H26N2O3. The normalized spacial score (nSPS) is 15.4. The molecule has 2 amide bonds. The Kier molecular flexibility index (Phi) is 7.62. The number of hydrogen-bond donors (Lipinski definition) is 1. The Morgan fingerprint density at radius 3 is 2.22 bits per heavy atom. The highest BCUT2D eigenvalue weighted by Gasteiger charge is 2.28. The first-order chi connectivity index (χ1) is 13.0. The second-order valence-corrected chi connectivity index (χ2v) is 6.53. The van der Waals surface area contributed by atoms with E-state index in [1.807, 2.05) is 36.4 Å². The van der Waals surface area contributed by atoms with Crippen molar-refractivity contribution in [1.29, 1.82) is 0 Å². The molecule has 0 aromatic heterocycles. The van der Waals surface area contributed by atoms with Crippen molar-refractivity contribution in [2.45, 2.75) is 6.42 Å². The molecule has 1 saturated heterocycles. The van der Waals surface area contributed by atoms with Gasteiger partial charge in [0.05, 0.1) is 0 Å². The first kappa shape index (κ1) is 20.2. The van der Waals surface area contributed by atoms with Gasteiger partial charge in [-0.15, -0.1) is 0 Å². The molecule has 1 unspecified atom stereocenters. The number of carbonyl (C=O) groups is 2. The average Bonchev–Trinajstić information content (AvgIpc) is 3.17. The molecule has 0 spiro atoms. The molecule has 2 aromatic carbocycles. The number of amides is 2. The number of phenols is 1. The van der Waals surface area contributed by atoms with Crippen molar-refractivity contribution in [2.75, 3.05) is 26.7 Å². The summed E-state index contributed by atoms with van der Waals surface area (Å²) in [5.41, 5.74) is 0.573. The summed E-state index contributed by atoms with van der Waals surface area (Å²) in [6.07, 6.45) is 2.19. The van der Waals surface area contributed by atoms with Crippen molar-refractivity contribution < 1.29 is 14.7 Å². The minimum atomic E-state index is -0.0988. The molecule has 142 valence electrons. The molecule has 0 saturated carbocycles. The van der Waals surface area contributed by atoms with Crippen LogP contribution in [0.4, 0.5) is 0 Å². The summed E-state index contributed by atoms with van der Waals surface area (Å²) in [5.74, 6) is 0.309. The predicted octanol–water partition coefficient (Wildman–Crippen LogP) is 3.19. The summed E-state index contributed by atoms with van der Waals surface area (Å²) < 4.78 is 0. The van der Waals surface area contributed by atoms with Crippen LogP contribution in [0.25, 0.3) is 0 Å². The number of likely N-dealkylation sites (tertiary alicyclic amines) is 1. The summed E-state index contributed by atoms with van der Waals surface area (Å²) in [5, 5.41) is 9.25. The Labute approximate surface area is 160 Å². The van der Waals surface area contributed by atoms with Gasteiger partial charge in [0.1, 0.15) is 5.75 Å². The van der Waals surface area contributed by atoms with Gasteiger partial charge in [-0.2, -0.15) is 0 Å². The number of carbonyl (C=O) groups excluding carboxylic acids is 2. The minimum absolute atomic E-state index is 0.0322.